The zero-order valence-corrected chi connectivity index (χ0v) is 7.16. The number of rotatable bonds is 4. The number of hydrogen-bond acceptors (Lipinski definition) is 3. The molecule has 1 amide bonds. The lowest BCUT2D eigenvalue weighted by Gasteiger charge is -1.93. The van der Waals surface area contributed by atoms with Crippen LogP contribution in [-0.4, -0.2) is 48.8 Å². The van der Waals surface area contributed by atoms with Gasteiger partial charge in [0, 0.05) is 27.3 Å². The van der Waals surface area contributed by atoms with Crippen molar-refractivity contribution in [3.8, 4) is 0 Å². The van der Waals surface area contributed by atoms with Gasteiger partial charge in [0.25, 0.3) is 0 Å². The molecule has 4 heteroatoms. The molecule has 2 N–H and O–H groups in total. The van der Waals surface area contributed by atoms with Gasteiger partial charge in [-0.2, -0.15) is 0 Å². The second kappa shape index (κ2) is 12.1. The average Bonchev–Trinajstić information content (AvgIpc) is 2.02. The molecule has 11 heavy (non-hydrogen) atoms. The maximum Gasteiger partial charge on any atom is 0.209 e. The largest absolute Gasteiger partial charge is 0.396 e. The van der Waals surface area contributed by atoms with Crippen LogP contribution >= 0.6 is 0 Å². The third kappa shape index (κ3) is 26.6. The summed E-state index contributed by atoms with van der Waals surface area (Å²) in [4.78, 5) is 10.9. The monoisotopic (exact) mass is 163 g/mol. The van der Waals surface area contributed by atoms with Crippen molar-refractivity contribution < 1.29 is 15.0 Å². The molecule has 0 aromatic carbocycles. The molecule has 0 aromatic heterocycles. The highest BCUT2D eigenvalue weighted by Crippen LogP contribution is 1.80. The molecule has 0 aliphatic heterocycles. The van der Waals surface area contributed by atoms with E-state index in [0.29, 0.717) is 0 Å². The van der Waals surface area contributed by atoms with Crippen LogP contribution in [0.1, 0.15) is 12.8 Å². The average molecular weight is 163 g/mol. The lowest BCUT2D eigenvalue weighted by Crippen LogP contribution is -2.06. The Morgan fingerprint density at radius 3 is 1.55 bits per heavy atom. The van der Waals surface area contributed by atoms with Crippen LogP contribution in [0, 0.1) is 0 Å². The number of carbonyl (C=O) groups excluding carboxylic acids is 1. The minimum absolute atomic E-state index is 0.195. The molecule has 0 aliphatic rings. The maximum atomic E-state index is 9.43. The van der Waals surface area contributed by atoms with Gasteiger partial charge in [-0.05, 0) is 12.8 Å². The third-order valence-electron chi connectivity index (χ3n) is 0.777. The van der Waals surface area contributed by atoms with E-state index in [1.54, 1.807) is 14.1 Å². The first-order chi connectivity index (χ1) is 5.18. The van der Waals surface area contributed by atoms with Crippen LogP contribution in [-0.2, 0) is 4.79 Å². The number of aliphatic hydroxyl groups is 2. The van der Waals surface area contributed by atoms with E-state index < -0.39 is 0 Å². The van der Waals surface area contributed by atoms with Crippen molar-refractivity contribution in [3.05, 3.63) is 0 Å². The lowest BCUT2D eigenvalue weighted by atomic mass is 10.3. The Morgan fingerprint density at radius 1 is 1.18 bits per heavy atom. The molecule has 0 fully saturated rings. The van der Waals surface area contributed by atoms with Gasteiger partial charge in [-0.3, -0.25) is 4.79 Å². The summed E-state index contributed by atoms with van der Waals surface area (Å²) < 4.78 is 0. The van der Waals surface area contributed by atoms with E-state index in [4.69, 9.17) is 10.2 Å². The Bertz CT molecular complexity index is 72.1. The van der Waals surface area contributed by atoms with E-state index >= 15 is 0 Å². The van der Waals surface area contributed by atoms with Gasteiger partial charge in [0.05, 0.1) is 0 Å². The second-order valence-corrected chi connectivity index (χ2v) is 2.22. The van der Waals surface area contributed by atoms with Crippen LogP contribution in [0.2, 0.25) is 0 Å². The number of carbonyl (C=O) groups is 1. The molecule has 0 spiro atoms. The molecule has 0 saturated heterocycles. The first-order valence-electron chi connectivity index (χ1n) is 3.52. The van der Waals surface area contributed by atoms with Crippen molar-refractivity contribution in [3.63, 3.8) is 0 Å². The summed E-state index contributed by atoms with van der Waals surface area (Å²) in [7, 11) is 3.38. The van der Waals surface area contributed by atoms with Gasteiger partial charge in [0.1, 0.15) is 0 Å². The van der Waals surface area contributed by atoms with E-state index in [9.17, 15) is 4.79 Å². The fraction of sp³-hybridized carbons (Fsp3) is 0.857. The SMILES string of the molecule is CN(C)C=O.OCCCCO. The first-order valence-corrected chi connectivity index (χ1v) is 3.52. The van der Waals surface area contributed by atoms with E-state index in [-0.39, 0.29) is 13.2 Å². The Hall–Kier alpha value is -0.610. The first kappa shape index (κ1) is 13.0. The number of amides is 1. The van der Waals surface area contributed by atoms with Crippen LogP contribution in [0.25, 0.3) is 0 Å². The summed E-state index contributed by atoms with van der Waals surface area (Å²) in [6.07, 6.45) is 2.19. The van der Waals surface area contributed by atoms with E-state index in [0.717, 1.165) is 19.3 Å². The molecule has 0 bridgehead atoms. The Kier molecular flexibility index (Phi) is 14.3. The van der Waals surface area contributed by atoms with E-state index in [2.05, 4.69) is 0 Å². The minimum atomic E-state index is 0.195. The smallest absolute Gasteiger partial charge is 0.209 e. The van der Waals surface area contributed by atoms with E-state index in [1.807, 2.05) is 0 Å². The van der Waals surface area contributed by atoms with Crippen molar-refractivity contribution in [1.29, 1.82) is 0 Å². The quantitative estimate of drug-likeness (QED) is 0.432. The summed E-state index contributed by atoms with van der Waals surface area (Å²) in [5.74, 6) is 0. The summed E-state index contributed by atoms with van der Waals surface area (Å²) in [5, 5.41) is 16.2. The molecule has 0 aliphatic carbocycles. The topological polar surface area (TPSA) is 60.8 Å². The number of nitrogens with zero attached hydrogens (tertiary/aromatic N) is 1. The van der Waals surface area contributed by atoms with Crippen molar-refractivity contribution in [2.24, 2.45) is 0 Å². The highest BCUT2D eigenvalue weighted by Gasteiger charge is 1.77. The number of aliphatic hydroxyl groups excluding tert-OH is 2. The van der Waals surface area contributed by atoms with E-state index in [1.165, 1.54) is 4.90 Å². The predicted octanol–water partition coefficient (Wildman–Crippen LogP) is -0.544. The minimum Gasteiger partial charge on any atom is -0.396 e. The standard InChI is InChI=1S/C4H10O2.C3H7NO/c5-3-1-2-4-6;1-4(2)3-5/h5-6H,1-4H2;3H,1-2H3. The summed E-state index contributed by atoms with van der Waals surface area (Å²) in [6, 6.07) is 0. The molecule has 0 radical (unpaired) electrons. The Morgan fingerprint density at radius 2 is 1.45 bits per heavy atom. The van der Waals surface area contributed by atoms with Crippen LogP contribution in [0.5, 0.6) is 0 Å². The maximum absolute atomic E-state index is 9.43. The van der Waals surface area contributed by atoms with Crippen molar-refractivity contribution in [1.82, 2.24) is 4.90 Å². The van der Waals surface area contributed by atoms with Crippen LogP contribution in [0.4, 0.5) is 0 Å². The van der Waals surface area contributed by atoms with Gasteiger partial charge >= 0.3 is 0 Å². The molecule has 0 heterocycles. The van der Waals surface area contributed by atoms with Gasteiger partial charge in [0.2, 0.25) is 6.41 Å². The fourth-order valence-corrected chi connectivity index (χ4v) is 0.224. The summed E-state index contributed by atoms with van der Waals surface area (Å²) >= 11 is 0. The fourth-order valence-electron chi connectivity index (χ4n) is 0.224. The Balaban J connectivity index is 0. The summed E-state index contributed by atoms with van der Waals surface area (Å²) in [5.41, 5.74) is 0. The zero-order valence-electron chi connectivity index (χ0n) is 7.16. The zero-order chi connectivity index (χ0) is 9.11. The molecule has 0 saturated carbocycles. The number of unbranched alkanes of at least 4 members (excludes halogenated alkanes) is 1. The molecule has 0 unspecified atom stereocenters. The molecule has 0 atom stereocenters. The van der Waals surface area contributed by atoms with Crippen LogP contribution in [0.15, 0.2) is 0 Å². The van der Waals surface area contributed by atoms with Crippen molar-refractivity contribution in [2.75, 3.05) is 27.3 Å². The molecular weight excluding hydrogens is 146 g/mol. The highest BCUT2D eigenvalue weighted by atomic mass is 16.3. The molecule has 4 nitrogen and oxygen atoms in total. The van der Waals surface area contributed by atoms with Crippen molar-refractivity contribution in [2.45, 2.75) is 12.8 Å². The molecule has 0 rings (SSSR count). The predicted molar refractivity (Wildman–Crippen MR) is 43.2 cm³/mol. The van der Waals surface area contributed by atoms with Gasteiger partial charge in [-0.25, -0.2) is 0 Å². The van der Waals surface area contributed by atoms with Gasteiger partial charge in [-0.15, -0.1) is 0 Å². The molecule has 0 aromatic rings. The molecular formula is C7H17NO3. The Labute approximate surface area is 67.4 Å². The van der Waals surface area contributed by atoms with Gasteiger partial charge < -0.3 is 15.1 Å². The van der Waals surface area contributed by atoms with Gasteiger partial charge in [-0.1, -0.05) is 0 Å². The normalized spacial score (nSPS) is 8.00. The van der Waals surface area contributed by atoms with Crippen LogP contribution < -0.4 is 0 Å². The lowest BCUT2D eigenvalue weighted by molar-refractivity contribution is -0.115. The second-order valence-electron chi connectivity index (χ2n) is 2.22. The van der Waals surface area contributed by atoms with Gasteiger partial charge in [0.15, 0.2) is 0 Å². The molecule has 68 valence electrons. The highest BCUT2D eigenvalue weighted by molar-refractivity contribution is 5.45. The summed E-state index contributed by atoms with van der Waals surface area (Å²) in [6.45, 7) is 0.390. The number of hydrogen-bond donors (Lipinski definition) is 2. The van der Waals surface area contributed by atoms with Crippen molar-refractivity contribution >= 4 is 6.41 Å². The third-order valence-corrected chi connectivity index (χ3v) is 0.777. The van der Waals surface area contributed by atoms with Crippen LogP contribution in [0.3, 0.4) is 0 Å².